The molecule has 0 saturated carbocycles. The largest absolute Gasteiger partial charge is 0.336 e. The molecule has 0 spiro atoms. The fourth-order valence-electron chi connectivity index (χ4n) is 3.24. The highest BCUT2D eigenvalue weighted by Gasteiger charge is 2.23. The summed E-state index contributed by atoms with van der Waals surface area (Å²) in [5, 5.41) is 0. The minimum Gasteiger partial charge on any atom is -0.336 e. The van der Waals surface area contributed by atoms with Gasteiger partial charge in [-0.15, -0.1) is 0 Å². The summed E-state index contributed by atoms with van der Waals surface area (Å²) in [6, 6.07) is 7.64. The Labute approximate surface area is 157 Å². The molecule has 2 aromatic rings. The van der Waals surface area contributed by atoms with Crippen LogP contribution in [-0.4, -0.2) is 58.0 Å². The lowest BCUT2D eigenvalue weighted by atomic mass is 10.2. The van der Waals surface area contributed by atoms with Gasteiger partial charge in [-0.2, -0.15) is 0 Å². The van der Waals surface area contributed by atoms with Crippen LogP contribution in [0.4, 0.5) is 0 Å². The molecule has 25 heavy (non-hydrogen) atoms. The van der Waals surface area contributed by atoms with Crippen molar-refractivity contribution in [3.8, 4) is 0 Å². The molecule has 2 heterocycles. The van der Waals surface area contributed by atoms with Crippen LogP contribution in [0.3, 0.4) is 0 Å². The Bertz CT molecular complexity index is 720. The third-order valence-electron chi connectivity index (χ3n) is 4.68. The molecule has 0 unspecified atom stereocenters. The second-order valence-electron chi connectivity index (χ2n) is 6.75. The van der Waals surface area contributed by atoms with Gasteiger partial charge in [0.1, 0.15) is 5.82 Å². The molecular weight excluding hydrogens is 380 g/mol. The van der Waals surface area contributed by atoms with Crippen molar-refractivity contribution in [2.45, 2.75) is 26.3 Å². The zero-order valence-electron chi connectivity index (χ0n) is 14.9. The van der Waals surface area contributed by atoms with E-state index in [1.54, 1.807) is 0 Å². The predicted octanol–water partition coefficient (Wildman–Crippen LogP) is 3.23. The number of hydrogen-bond acceptors (Lipinski definition) is 3. The Kier molecular flexibility index (Phi) is 5.91. The molecule has 1 amide bonds. The summed E-state index contributed by atoms with van der Waals surface area (Å²) in [4.78, 5) is 21.5. The molecule has 1 aromatic carbocycles. The Morgan fingerprint density at radius 3 is 2.56 bits per heavy atom. The highest BCUT2D eigenvalue weighted by Crippen LogP contribution is 2.19. The van der Waals surface area contributed by atoms with Gasteiger partial charge in [0, 0.05) is 62.1 Å². The topological polar surface area (TPSA) is 41.4 Å². The number of nitrogens with zero attached hydrogens (tertiary/aromatic N) is 4. The predicted molar refractivity (Wildman–Crippen MR) is 103 cm³/mol. The molecule has 1 aliphatic heterocycles. The normalized spacial score (nSPS) is 15.8. The van der Waals surface area contributed by atoms with E-state index >= 15 is 0 Å². The average Bonchev–Trinajstić information content (AvgIpc) is 3.09. The number of halogens is 1. The van der Waals surface area contributed by atoms with E-state index in [0.29, 0.717) is 5.92 Å². The van der Waals surface area contributed by atoms with Gasteiger partial charge < -0.3 is 9.47 Å². The lowest BCUT2D eigenvalue weighted by molar-refractivity contribution is 0.0632. The third kappa shape index (κ3) is 4.30. The monoisotopic (exact) mass is 404 g/mol. The summed E-state index contributed by atoms with van der Waals surface area (Å²) in [6.07, 6.45) is 3.94. The van der Waals surface area contributed by atoms with Crippen LogP contribution in [-0.2, 0) is 6.54 Å². The van der Waals surface area contributed by atoms with Gasteiger partial charge in [0.05, 0.1) is 5.56 Å². The number of carbonyl (C=O) groups excluding carboxylic acids is 1. The molecule has 0 radical (unpaired) electrons. The maximum absolute atomic E-state index is 12.7. The standard InChI is InChI=1S/C19H25BrN4O/c1-15(2)18-21-7-8-23(18)12-9-22-10-13-24(14-11-22)19(25)16-5-3-4-6-17(16)20/h3-8,15H,9-14H2,1-2H3. The van der Waals surface area contributed by atoms with Gasteiger partial charge in [0.2, 0.25) is 0 Å². The van der Waals surface area contributed by atoms with Crippen molar-refractivity contribution in [1.29, 1.82) is 0 Å². The maximum atomic E-state index is 12.7. The van der Waals surface area contributed by atoms with Gasteiger partial charge in [-0.3, -0.25) is 9.69 Å². The van der Waals surface area contributed by atoms with E-state index in [0.717, 1.165) is 55.1 Å². The summed E-state index contributed by atoms with van der Waals surface area (Å²) in [6.45, 7) is 9.68. The van der Waals surface area contributed by atoms with Crippen molar-refractivity contribution in [1.82, 2.24) is 19.4 Å². The molecule has 1 fully saturated rings. The fourth-order valence-corrected chi connectivity index (χ4v) is 3.69. The van der Waals surface area contributed by atoms with Crippen molar-refractivity contribution in [3.05, 3.63) is 52.5 Å². The number of aromatic nitrogens is 2. The first-order valence-electron chi connectivity index (χ1n) is 8.83. The van der Waals surface area contributed by atoms with E-state index < -0.39 is 0 Å². The smallest absolute Gasteiger partial charge is 0.255 e. The molecule has 0 bridgehead atoms. The van der Waals surface area contributed by atoms with Crippen LogP contribution in [0, 0.1) is 0 Å². The first kappa shape index (κ1) is 18.1. The third-order valence-corrected chi connectivity index (χ3v) is 5.38. The molecule has 0 aliphatic carbocycles. The van der Waals surface area contributed by atoms with E-state index in [1.165, 1.54) is 0 Å². The second kappa shape index (κ2) is 8.15. The molecule has 3 rings (SSSR count). The van der Waals surface area contributed by atoms with E-state index in [9.17, 15) is 4.79 Å². The van der Waals surface area contributed by atoms with Crippen LogP contribution in [0.15, 0.2) is 41.1 Å². The number of rotatable bonds is 5. The summed E-state index contributed by atoms with van der Waals surface area (Å²) >= 11 is 3.47. The molecule has 1 saturated heterocycles. The highest BCUT2D eigenvalue weighted by molar-refractivity contribution is 9.10. The van der Waals surface area contributed by atoms with Crippen LogP contribution in [0.2, 0.25) is 0 Å². The summed E-state index contributed by atoms with van der Waals surface area (Å²) in [5.41, 5.74) is 0.746. The Balaban J connectivity index is 1.51. The molecular formula is C19H25BrN4O. The van der Waals surface area contributed by atoms with Crippen molar-refractivity contribution in [2.24, 2.45) is 0 Å². The molecule has 0 atom stereocenters. The zero-order chi connectivity index (χ0) is 17.8. The first-order valence-corrected chi connectivity index (χ1v) is 9.62. The van der Waals surface area contributed by atoms with E-state index in [-0.39, 0.29) is 5.91 Å². The molecule has 0 N–H and O–H groups in total. The lowest BCUT2D eigenvalue weighted by Gasteiger charge is -2.35. The Hall–Kier alpha value is -1.66. The zero-order valence-corrected chi connectivity index (χ0v) is 16.4. The Morgan fingerprint density at radius 1 is 1.16 bits per heavy atom. The number of benzene rings is 1. The van der Waals surface area contributed by atoms with Gasteiger partial charge in [-0.05, 0) is 28.1 Å². The minimum atomic E-state index is 0.115. The van der Waals surface area contributed by atoms with Gasteiger partial charge in [0.15, 0.2) is 0 Å². The van der Waals surface area contributed by atoms with Crippen molar-refractivity contribution < 1.29 is 4.79 Å². The van der Waals surface area contributed by atoms with Gasteiger partial charge in [0.25, 0.3) is 5.91 Å². The summed E-state index contributed by atoms with van der Waals surface area (Å²) in [5.74, 6) is 1.69. The van der Waals surface area contributed by atoms with E-state index in [2.05, 4.69) is 50.4 Å². The molecule has 1 aliphatic rings. The SMILES string of the molecule is CC(C)c1nccn1CCN1CCN(C(=O)c2ccccc2Br)CC1. The van der Waals surface area contributed by atoms with Crippen LogP contribution in [0.25, 0.3) is 0 Å². The number of piperazine rings is 1. The molecule has 5 nitrogen and oxygen atoms in total. The summed E-state index contributed by atoms with van der Waals surface area (Å²) in [7, 11) is 0. The maximum Gasteiger partial charge on any atom is 0.255 e. The second-order valence-corrected chi connectivity index (χ2v) is 7.60. The van der Waals surface area contributed by atoms with Crippen LogP contribution < -0.4 is 0 Å². The Morgan fingerprint density at radius 2 is 1.88 bits per heavy atom. The van der Waals surface area contributed by atoms with E-state index in [1.807, 2.05) is 35.4 Å². The van der Waals surface area contributed by atoms with E-state index in [4.69, 9.17) is 0 Å². The van der Waals surface area contributed by atoms with Crippen LogP contribution >= 0.6 is 15.9 Å². The molecule has 1 aromatic heterocycles. The average molecular weight is 405 g/mol. The summed E-state index contributed by atoms with van der Waals surface area (Å²) < 4.78 is 3.10. The highest BCUT2D eigenvalue weighted by atomic mass is 79.9. The van der Waals surface area contributed by atoms with Crippen LogP contribution in [0.5, 0.6) is 0 Å². The van der Waals surface area contributed by atoms with Gasteiger partial charge in [-0.25, -0.2) is 4.98 Å². The fraction of sp³-hybridized carbons (Fsp3) is 0.474. The number of hydrogen-bond donors (Lipinski definition) is 0. The quantitative estimate of drug-likeness (QED) is 0.767. The molecule has 6 heteroatoms. The first-order chi connectivity index (χ1) is 12.1. The van der Waals surface area contributed by atoms with Crippen molar-refractivity contribution >= 4 is 21.8 Å². The van der Waals surface area contributed by atoms with Gasteiger partial charge in [-0.1, -0.05) is 26.0 Å². The molecule has 134 valence electrons. The number of carbonyl (C=O) groups is 1. The van der Waals surface area contributed by atoms with Crippen molar-refractivity contribution in [2.75, 3.05) is 32.7 Å². The lowest BCUT2D eigenvalue weighted by Crippen LogP contribution is -2.49. The van der Waals surface area contributed by atoms with Crippen molar-refractivity contribution in [3.63, 3.8) is 0 Å². The minimum absolute atomic E-state index is 0.115. The van der Waals surface area contributed by atoms with Crippen LogP contribution in [0.1, 0.15) is 35.9 Å². The number of amides is 1. The van der Waals surface area contributed by atoms with Gasteiger partial charge >= 0.3 is 0 Å². The number of imidazole rings is 1.